The van der Waals surface area contributed by atoms with Crippen molar-refractivity contribution < 1.29 is 0 Å². The molecule has 12 rings (SSSR count). The molecule has 1 aromatic heterocycles. The van der Waals surface area contributed by atoms with Crippen LogP contribution in [-0.2, 0) is 0 Å². The summed E-state index contributed by atoms with van der Waals surface area (Å²) in [5.41, 5.74) is 11.5. The van der Waals surface area contributed by atoms with Crippen LogP contribution in [0.15, 0.2) is 231 Å². The molecule has 0 bridgehead atoms. The summed E-state index contributed by atoms with van der Waals surface area (Å²) in [4.78, 5) is 2.45. The first-order chi connectivity index (χ1) is 29.8. The fraction of sp³-hybridized carbons (Fsp3) is 0. The molecule has 280 valence electrons. The van der Waals surface area contributed by atoms with Crippen molar-refractivity contribution in [2.24, 2.45) is 0 Å². The predicted molar refractivity (Wildman–Crippen MR) is 256 cm³/mol. The van der Waals surface area contributed by atoms with Gasteiger partial charge in [0, 0.05) is 33.4 Å². The predicted octanol–water partition coefficient (Wildman–Crippen LogP) is 16.2. The summed E-state index contributed by atoms with van der Waals surface area (Å²) in [6, 6.07) is 84.3. The maximum Gasteiger partial charge on any atom is 0.0561 e. The number of anilines is 3. The highest BCUT2D eigenvalue weighted by Gasteiger charge is 2.21. The lowest BCUT2D eigenvalue weighted by atomic mass is 9.88. The molecule has 0 atom stereocenters. The molecule has 0 aliphatic carbocycles. The van der Waals surface area contributed by atoms with Gasteiger partial charge in [-0.05, 0) is 114 Å². The topological polar surface area (TPSA) is 8.17 Å². The summed E-state index contributed by atoms with van der Waals surface area (Å²) < 4.78 is 2.40. The lowest BCUT2D eigenvalue weighted by Crippen LogP contribution is -2.11. The second kappa shape index (κ2) is 13.9. The number of nitrogens with zero attached hydrogens (tertiary/aromatic N) is 2. The van der Waals surface area contributed by atoms with Crippen molar-refractivity contribution in [2.75, 3.05) is 4.90 Å². The van der Waals surface area contributed by atoms with E-state index in [-0.39, 0.29) is 0 Å². The van der Waals surface area contributed by atoms with Gasteiger partial charge >= 0.3 is 0 Å². The van der Waals surface area contributed by atoms with Crippen LogP contribution in [0, 0.1) is 0 Å². The molecule has 0 N–H and O–H groups in total. The Balaban J connectivity index is 1.13. The Morgan fingerprint density at radius 1 is 0.300 bits per heavy atom. The van der Waals surface area contributed by atoms with Crippen LogP contribution < -0.4 is 4.90 Å². The van der Waals surface area contributed by atoms with Crippen LogP contribution in [0.1, 0.15) is 0 Å². The standard InChI is InChI=1S/C58H38N2/c1-3-16-39(17-4-1)47-24-11-13-28-54(47)59(46-33-35-51-50-27-12-14-29-55(50)60(56(51)38-46)44-21-5-2-6-22-44)45-23-15-20-42(36-45)53-37-43-31-30-40-18-7-9-25-48(40)57(43)58-49-26-10-8-19-41(49)32-34-52(53)58/h1-38H. The lowest BCUT2D eigenvalue weighted by Gasteiger charge is -2.28. The molecule has 0 saturated carbocycles. The molecule has 0 fully saturated rings. The summed E-state index contributed by atoms with van der Waals surface area (Å²) >= 11 is 0. The zero-order valence-corrected chi connectivity index (χ0v) is 32.8. The van der Waals surface area contributed by atoms with E-state index >= 15 is 0 Å². The Bertz CT molecular complexity index is 3600. The summed E-state index contributed by atoms with van der Waals surface area (Å²) in [5.74, 6) is 0. The van der Waals surface area contributed by atoms with Crippen molar-refractivity contribution in [3.63, 3.8) is 0 Å². The molecule has 2 heteroatoms. The minimum absolute atomic E-state index is 1.09. The van der Waals surface area contributed by atoms with Crippen LogP contribution in [0.25, 0.3) is 92.8 Å². The molecule has 1 heterocycles. The molecule has 12 aromatic rings. The van der Waals surface area contributed by atoms with E-state index in [9.17, 15) is 0 Å². The van der Waals surface area contributed by atoms with Gasteiger partial charge in [-0.1, -0.05) is 176 Å². The lowest BCUT2D eigenvalue weighted by molar-refractivity contribution is 1.18. The van der Waals surface area contributed by atoms with Crippen molar-refractivity contribution in [3.8, 4) is 27.9 Å². The van der Waals surface area contributed by atoms with Crippen LogP contribution >= 0.6 is 0 Å². The number of benzene rings is 11. The number of fused-ring (bicyclic) bond motifs is 10. The van der Waals surface area contributed by atoms with Gasteiger partial charge in [-0.25, -0.2) is 0 Å². The van der Waals surface area contributed by atoms with Gasteiger partial charge in [0.25, 0.3) is 0 Å². The number of aromatic nitrogens is 1. The van der Waals surface area contributed by atoms with E-state index in [1.165, 1.54) is 81.6 Å². The van der Waals surface area contributed by atoms with E-state index in [4.69, 9.17) is 0 Å². The summed E-state index contributed by atoms with van der Waals surface area (Å²) in [6.07, 6.45) is 0. The van der Waals surface area contributed by atoms with Crippen molar-refractivity contribution in [2.45, 2.75) is 0 Å². The Labute approximate surface area is 348 Å². The summed E-state index contributed by atoms with van der Waals surface area (Å²) in [6.45, 7) is 0. The third-order valence-corrected chi connectivity index (χ3v) is 12.3. The number of rotatable bonds is 6. The molecule has 0 radical (unpaired) electrons. The van der Waals surface area contributed by atoms with Gasteiger partial charge in [-0.3, -0.25) is 0 Å². The summed E-state index contributed by atoms with van der Waals surface area (Å²) in [5, 5.41) is 12.6. The molecule has 0 saturated heterocycles. The SMILES string of the molecule is c1ccc(-c2ccccc2N(c2cccc(-c3cc4ccc5ccccc5c4c4c3ccc3ccccc34)c2)c2ccc3c4ccccc4n(-c4ccccc4)c3c2)cc1. The number of hydrogen-bond donors (Lipinski definition) is 0. The molecule has 0 unspecified atom stereocenters. The fourth-order valence-electron chi connectivity index (χ4n) is 9.65. The van der Waals surface area contributed by atoms with E-state index < -0.39 is 0 Å². The molecule has 0 aliphatic rings. The van der Waals surface area contributed by atoms with E-state index in [0.29, 0.717) is 0 Å². The minimum Gasteiger partial charge on any atom is -0.310 e. The van der Waals surface area contributed by atoms with E-state index in [1.807, 2.05) is 0 Å². The van der Waals surface area contributed by atoms with Crippen LogP contribution in [-0.4, -0.2) is 4.57 Å². The maximum absolute atomic E-state index is 2.45. The minimum atomic E-state index is 1.09. The van der Waals surface area contributed by atoms with Gasteiger partial charge in [-0.2, -0.15) is 0 Å². The second-order valence-corrected chi connectivity index (χ2v) is 15.7. The van der Waals surface area contributed by atoms with Crippen LogP contribution in [0.3, 0.4) is 0 Å². The van der Waals surface area contributed by atoms with Crippen molar-refractivity contribution in [1.29, 1.82) is 0 Å². The molecular formula is C58H38N2. The molecule has 11 aromatic carbocycles. The average Bonchev–Trinajstić information content (AvgIpc) is 3.65. The Hall–Kier alpha value is -7.94. The third-order valence-electron chi connectivity index (χ3n) is 12.3. The van der Waals surface area contributed by atoms with Gasteiger partial charge in [0.05, 0.1) is 16.7 Å². The maximum atomic E-state index is 2.45. The largest absolute Gasteiger partial charge is 0.310 e. The fourth-order valence-corrected chi connectivity index (χ4v) is 9.65. The van der Waals surface area contributed by atoms with Crippen LogP contribution in [0.4, 0.5) is 17.1 Å². The van der Waals surface area contributed by atoms with Gasteiger partial charge in [0.2, 0.25) is 0 Å². The van der Waals surface area contributed by atoms with Crippen molar-refractivity contribution in [3.05, 3.63) is 231 Å². The van der Waals surface area contributed by atoms with Gasteiger partial charge in [0.1, 0.15) is 0 Å². The molecule has 0 amide bonds. The first-order valence-electron chi connectivity index (χ1n) is 20.7. The highest BCUT2D eigenvalue weighted by atomic mass is 15.1. The zero-order chi connectivity index (χ0) is 39.6. The molecule has 0 spiro atoms. The average molecular weight is 763 g/mol. The molecular weight excluding hydrogens is 725 g/mol. The Kier molecular flexibility index (Phi) is 7.89. The van der Waals surface area contributed by atoms with E-state index in [1.54, 1.807) is 0 Å². The quantitative estimate of drug-likeness (QED) is 0.153. The van der Waals surface area contributed by atoms with E-state index in [0.717, 1.165) is 28.3 Å². The molecule has 2 nitrogen and oxygen atoms in total. The van der Waals surface area contributed by atoms with Gasteiger partial charge in [-0.15, -0.1) is 0 Å². The van der Waals surface area contributed by atoms with Crippen LogP contribution in [0.5, 0.6) is 0 Å². The smallest absolute Gasteiger partial charge is 0.0561 e. The highest BCUT2D eigenvalue weighted by molar-refractivity contribution is 6.30. The first kappa shape index (κ1) is 34.1. The Morgan fingerprint density at radius 3 is 1.70 bits per heavy atom. The van der Waals surface area contributed by atoms with E-state index in [2.05, 4.69) is 240 Å². The van der Waals surface area contributed by atoms with Gasteiger partial charge < -0.3 is 9.47 Å². The third kappa shape index (κ3) is 5.42. The second-order valence-electron chi connectivity index (χ2n) is 15.7. The molecule has 60 heavy (non-hydrogen) atoms. The van der Waals surface area contributed by atoms with Crippen LogP contribution in [0.2, 0.25) is 0 Å². The first-order valence-corrected chi connectivity index (χ1v) is 20.7. The summed E-state index contributed by atoms with van der Waals surface area (Å²) in [7, 11) is 0. The zero-order valence-electron chi connectivity index (χ0n) is 32.8. The molecule has 0 aliphatic heterocycles. The van der Waals surface area contributed by atoms with Crippen molar-refractivity contribution >= 4 is 82.0 Å². The normalized spacial score (nSPS) is 11.7. The van der Waals surface area contributed by atoms with Gasteiger partial charge in [0.15, 0.2) is 0 Å². The number of para-hydroxylation sites is 3. The number of hydrogen-bond acceptors (Lipinski definition) is 1. The Morgan fingerprint density at radius 2 is 0.883 bits per heavy atom. The van der Waals surface area contributed by atoms with Crippen molar-refractivity contribution in [1.82, 2.24) is 4.57 Å². The monoisotopic (exact) mass is 762 g/mol. The highest BCUT2D eigenvalue weighted by Crippen LogP contribution is 2.46.